The molecule has 5 rings (SSSR count). The van der Waals surface area contributed by atoms with Crippen molar-refractivity contribution in [3.05, 3.63) is 119 Å². The van der Waals surface area contributed by atoms with E-state index in [9.17, 15) is 12.8 Å². The molecule has 0 bridgehead atoms. The number of anilines is 1. The molecule has 244 valence electrons. The molecule has 0 aliphatic carbocycles. The summed E-state index contributed by atoms with van der Waals surface area (Å²) in [4.78, 5) is 2.69. The molecule has 1 heterocycles. The smallest absolute Gasteiger partial charge is 0.264 e. The van der Waals surface area contributed by atoms with Crippen molar-refractivity contribution in [3.8, 4) is 11.5 Å². The molecule has 4 aromatic carbocycles. The Morgan fingerprint density at radius 1 is 0.826 bits per heavy atom. The third-order valence-electron chi connectivity index (χ3n) is 9.01. The van der Waals surface area contributed by atoms with Gasteiger partial charge in [0.15, 0.2) is 0 Å². The van der Waals surface area contributed by atoms with Crippen LogP contribution in [0.1, 0.15) is 62.4 Å². The summed E-state index contributed by atoms with van der Waals surface area (Å²) in [6.07, 6.45) is 1.66. The van der Waals surface area contributed by atoms with Gasteiger partial charge in [0.05, 0.1) is 31.3 Å². The molecule has 0 N–H and O–H groups in total. The lowest BCUT2D eigenvalue weighted by Crippen LogP contribution is -2.48. The van der Waals surface area contributed by atoms with Crippen LogP contribution in [-0.4, -0.2) is 39.6 Å². The summed E-state index contributed by atoms with van der Waals surface area (Å²) in [6.45, 7) is 12.8. The number of hydrogen-bond donors (Lipinski definition) is 0. The maximum atomic E-state index is 14.3. The van der Waals surface area contributed by atoms with E-state index >= 15 is 0 Å². The van der Waals surface area contributed by atoms with Crippen molar-refractivity contribution in [1.82, 2.24) is 4.90 Å². The van der Waals surface area contributed by atoms with Crippen molar-refractivity contribution in [2.75, 3.05) is 25.1 Å². The van der Waals surface area contributed by atoms with Crippen LogP contribution < -0.4 is 13.8 Å². The first-order chi connectivity index (χ1) is 21.7. The monoisotopic (exact) mass is 644 g/mol. The Morgan fingerprint density at radius 2 is 1.52 bits per heavy atom. The van der Waals surface area contributed by atoms with Crippen LogP contribution in [-0.2, 0) is 41.4 Å². The molecule has 0 atom stereocenters. The lowest BCUT2D eigenvalue weighted by molar-refractivity contribution is 0.104. The predicted octanol–water partition coefficient (Wildman–Crippen LogP) is 7.92. The van der Waals surface area contributed by atoms with Gasteiger partial charge in [-0.25, -0.2) is 12.8 Å². The first-order valence-electron chi connectivity index (χ1n) is 15.7. The predicted molar refractivity (Wildman–Crippen MR) is 183 cm³/mol. The largest absolute Gasteiger partial charge is 0.497 e. The molecule has 1 aliphatic heterocycles. The number of benzene rings is 4. The molecule has 0 saturated heterocycles. The number of rotatable bonds is 10. The number of sulfonamides is 1. The molecule has 0 radical (unpaired) electrons. The van der Waals surface area contributed by atoms with E-state index in [1.165, 1.54) is 46.8 Å². The molecule has 1 aliphatic rings. The maximum absolute atomic E-state index is 14.3. The first-order valence-corrected chi connectivity index (χ1v) is 17.1. The molecule has 0 spiro atoms. The number of methoxy groups -OCH3 is 2. The highest BCUT2D eigenvalue weighted by molar-refractivity contribution is 7.92. The van der Waals surface area contributed by atoms with E-state index in [2.05, 4.69) is 63.8 Å². The normalized spacial score (nSPS) is 14.1. The average molecular weight is 645 g/mol. The van der Waals surface area contributed by atoms with E-state index < -0.39 is 15.8 Å². The number of hydrogen-bond acceptors (Lipinski definition) is 5. The van der Waals surface area contributed by atoms with Crippen molar-refractivity contribution in [2.24, 2.45) is 0 Å². The molecule has 0 fully saturated rings. The minimum Gasteiger partial charge on any atom is -0.497 e. The molecule has 8 heteroatoms. The third-order valence-corrected chi connectivity index (χ3v) is 10.8. The van der Waals surface area contributed by atoms with Crippen LogP contribution in [0.25, 0.3) is 0 Å². The van der Waals surface area contributed by atoms with E-state index in [0.29, 0.717) is 22.7 Å². The fraction of sp³-hybridized carbons (Fsp3) is 0.368. The highest BCUT2D eigenvalue weighted by atomic mass is 32.2. The van der Waals surface area contributed by atoms with Crippen LogP contribution in [0.5, 0.6) is 11.5 Å². The van der Waals surface area contributed by atoms with Crippen molar-refractivity contribution in [3.63, 3.8) is 0 Å². The zero-order chi connectivity index (χ0) is 33.3. The summed E-state index contributed by atoms with van der Waals surface area (Å²) in [5.74, 6) is 0.661. The van der Waals surface area contributed by atoms with Crippen molar-refractivity contribution < 1.29 is 22.3 Å². The Bertz CT molecular complexity index is 1780. The first kappa shape index (κ1) is 33.5. The van der Waals surface area contributed by atoms with Gasteiger partial charge in [0, 0.05) is 30.3 Å². The zero-order valence-corrected chi connectivity index (χ0v) is 28.7. The van der Waals surface area contributed by atoms with Crippen molar-refractivity contribution >= 4 is 15.7 Å². The Kier molecular flexibility index (Phi) is 9.52. The Balaban J connectivity index is 1.40. The summed E-state index contributed by atoms with van der Waals surface area (Å²) in [5, 5.41) is 0. The van der Waals surface area contributed by atoms with Gasteiger partial charge in [0.2, 0.25) is 0 Å². The molecular weight excluding hydrogens is 599 g/mol. The van der Waals surface area contributed by atoms with E-state index in [4.69, 9.17) is 9.47 Å². The second-order valence-electron chi connectivity index (χ2n) is 13.7. The Morgan fingerprint density at radius 3 is 2.15 bits per heavy atom. The van der Waals surface area contributed by atoms with Crippen molar-refractivity contribution in [2.45, 2.75) is 76.4 Å². The highest BCUT2D eigenvalue weighted by Crippen LogP contribution is 2.34. The van der Waals surface area contributed by atoms with Crippen LogP contribution in [0.4, 0.5) is 10.1 Å². The van der Waals surface area contributed by atoms with Crippen LogP contribution in [0.2, 0.25) is 0 Å². The zero-order valence-electron chi connectivity index (χ0n) is 27.9. The summed E-state index contributed by atoms with van der Waals surface area (Å²) < 4.78 is 54.7. The van der Waals surface area contributed by atoms with E-state index in [1.807, 2.05) is 12.1 Å². The Hall–Kier alpha value is -3.88. The summed E-state index contributed by atoms with van der Waals surface area (Å²) in [6, 6.07) is 25.2. The van der Waals surface area contributed by atoms with Gasteiger partial charge in [-0.15, -0.1) is 0 Å². The Labute approximate surface area is 273 Å². The molecule has 0 saturated carbocycles. The molecule has 4 aromatic rings. The SMILES string of the molecule is COc1ccc(CN(c2ccc(F)cc2)S(=O)(=O)c2ccc3c(c2)CCN(C(C)(C)Cc2ccc(C(C)(C)C)cc2)C3)c(OC)c1. The van der Waals surface area contributed by atoms with Gasteiger partial charge < -0.3 is 9.47 Å². The minimum atomic E-state index is -4.03. The summed E-state index contributed by atoms with van der Waals surface area (Å²) >= 11 is 0. The molecule has 6 nitrogen and oxygen atoms in total. The average Bonchev–Trinajstić information content (AvgIpc) is 3.03. The number of ether oxygens (including phenoxy) is 2. The van der Waals surface area contributed by atoms with Crippen LogP contribution in [0.15, 0.2) is 89.8 Å². The summed E-state index contributed by atoms with van der Waals surface area (Å²) in [7, 11) is -0.931. The minimum absolute atomic E-state index is 0.00306. The second kappa shape index (κ2) is 13.1. The van der Waals surface area contributed by atoms with Gasteiger partial charge in [0.25, 0.3) is 10.0 Å². The molecule has 0 amide bonds. The molecule has 0 unspecified atom stereocenters. The maximum Gasteiger partial charge on any atom is 0.264 e. The van der Waals surface area contributed by atoms with E-state index in [1.54, 1.807) is 31.4 Å². The quantitative estimate of drug-likeness (QED) is 0.176. The second-order valence-corrected chi connectivity index (χ2v) is 15.6. The molecular formula is C38H45FN2O4S. The molecule has 0 aromatic heterocycles. The van der Waals surface area contributed by atoms with Gasteiger partial charge in [-0.2, -0.15) is 0 Å². The van der Waals surface area contributed by atoms with Gasteiger partial charge >= 0.3 is 0 Å². The lowest BCUT2D eigenvalue weighted by Gasteiger charge is -2.42. The van der Waals surface area contributed by atoms with Crippen LogP contribution >= 0.6 is 0 Å². The fourth-order valence-electron chi connectivity index (χ4n) is 6.13. The highest BCUT2D eigenvalue weighted by Gasteiger charge is 2.32. The molecule has 46 heavy (non-hydrogen) atoms. The lowest BCUT2D eigenvalue weighted by atomic mass is 9.85. The van der Waals surface area contributed by atoms with Gasteiger partial charge in [0.1, 0.15) is 17.3 Å². The number of fused-ring (bicyclic) bond motifs is 1. The van der Waals surface area contributed by atoms with Crippen LogP contribution in [0.3, 0.4) is 0 Å². The standard InChI is InChI=1S/C38H45FN2O4S/c1-37(2,3)31-12-8-27(9-13-31)24-38(4,5)40-21-20-28-22-35(19-11-29(28)25-40)46(42,43)41(33-16-14-32(39)15-17-33)26-30-10-18-34(44-6)23-36(30)45-7/h8-19,22-23H,20-21,24-26H2,1-7H3. The number of nitrogens with zero attached hydrogens (tertiary/aromatic N) is 2. The van der Waals surface area contributed by atoms with Gasteiger partial charge in [-0.3, -0.25) is 9.21 Å². The van der Waals surface area contributed by atoms with E-state index in [0.717, 1.165) is 37.1 Å². The van der Waals surface area contributed by atoms with Gasteiger partial charge in [-0.1, -0.05) is 51.1 Å². The third kappa shape index (κ3) is 7.24. The van der Waals surface area contributed by atoms with Crippen molar-refractivity contribution in [1.29, 1.82) is 0 Å². The van der Waals surface area contributed by atoms with Gasteiger partial charge in [-0.05, 0) is 103 Å². The topological polar surface area (TPSA) is 59.1 Å². The van der Waals surface area contributed by atoms with Crippen LogP contribution in [0, 0.1) is 5.82 Å². The van der Waals surface area contributed by atoms with E-state index in [-0.39, 0.29) is 22.4 Å². The fourth-order valence-corrected chi connectivity index (χ4v) is 7.62. The number of halogens is 1. The summed E-state index contributed by atoms with van der Waals surface area (Å²) in [5.41, 5.74) is 5.85.